The first-order chi connectivity index (χ1) is 14.4. The highest BCUT2D eigenvalue weighted by molar-refractivity contribution is 6.09. The number of imide groups is 1. The molecule has 0 aliphatic carbocycles. The zero-order chi connectivity index (χ0) is 21.3. The van der Waals surface area contributed by atoms with Gasteiger partial charge in [0.1, 0.15) is 31.1 Å². The van der Waals surface area contributed by atoms with Crippen LogP contribution in [0.15, 0.2) is 42.5 Å². The van der Waals surface area contributed by atoms with Crippen molar-refractivity contribution in [2.75, 3.05) is 19.8 Å². The van der Waals surface area contributed by atoms with Crippen LogP contribution in [-0.2, 0) is 21.7 Å². The van der Waals surface area contributed by atoms with E-state index >= 15 is 0 Å². The molecular formula is C21H20FN3O5. The molecule has 2 heterocycles. The highest BCUT2D eigenvalue weighted by atomic mass is 19.1. The lowest BCUT2D eigenvalue weighted by Gasteiger charge is -2.25. The summed E-state index contributed by atoms with van der Waals surface area (Å²) >= 11 is 0. The number of carbonyl (C=O) groups excluding carboxylic acids is 3. The number of rotatable bonds is 5. The van der Waals surface area contributed by atoms with Gasteiger partial charge >= 0.3 is 6.03 Å². The standard InChI is InChI=1S/C21H20FN3O5/c1-21(14-4-7-16-17(10-14)30-9-8-29-16)19(27)25(20(28)24-21)12-18(26)23-11-13-2-5-15(22)6-3-13/h2-7,10H,8-9,11-12H2,1H3,(H,23,26)(H,24,28). The van der Waals surface area contributed by atoms with Crippen LogP contribution in [-0.4, -0.2) is 42.5 Å². The van der Waals surface area contributed by atoms with Crippen LogP contribution >= 0.6 is 0 Å². The summed E-state index contributed by atoms with van der Waals surface area (Å²) in [5.41, 5.74) is -0.105. The Kier molecular flexibility index (Phi) is 5.03. The first-order valence-electron chi connectivity index (χ1n) is 9.42. The fourth-order valence-electron chi connectivity index (χ4n) is 3.39. The van der Waals surface area contributed by atoms with Gasteiger partial charge in [0.25, 0.3) is 5.91 Å². The van der Waals surface area contributed by atoms with Crippen LogP contribution < -0.4 is 20.1 Å². The third-order valence-electron chi connectivity index (χ3n) is 5.10. The molecule has 0 spiro atoms. The first-order valence-corrected chi connectivity index (χ1v) is 9.42. The lowest BCUT2D eigenvalue weighted by molar-refractivity contribution is -0.134. The Labute approximate surface area is 171 Å². The number of carbonyl (C=O) groups is 3. The smallest absolute Gasteiger partial charge is 0.325 e. The van der Waals surface area contributed by atoms with Crippen LogP contribution in [0.4, 0.5) is 9.18 Å². The summed E-state index contributed by atoms with van der Waals surface area (Å²) in [5.74, 6) is -0.349. The fraction of sp³-hybridized carbons (Fsp3) is 0.286. The Bertz CT molecular complexity index is 1010. The van der Waals surface area contributed by atoms with Gasteiger partial charge in [-0.1, -0.05) is 18.2 Å². The molecule has 1 fully saturated rings. The second-order valence-corrected chi connectivity index (χ2v) is 7.21. The number of nitrogens with zero attached hydrogens (tertiary/aromatic N) is 1. The van der Waals surface area contributed by atoms with Crippen molar-refractivity contribution in [1.29, 1.82) is 0 Å². The summed E-state index contributed by atoms with van der Waals surface area (Å²) in [6.45, 7) is 2.15. The molecule has 9 heteroatoms. The predicted octanol–water partition coefficient (Wildman–Crippen LogP) is 1.68. The van der Waals surface area contributed by atoms with Crippen LogP contribution in [0.3, 0.4) is 0 Å². The summed E-state index contributed by atoms with van der Waals surface area (Å²) < 4.78 is 24.0. The fourth-order valence-corrected chi connectivity index (χ4v) is 3.39. The molecule has 2 N–H and O–H groups in total. The molecule has 1 unspecified atom stereocenters. The highest BCUT2D eigenvalue weighted by Crippen LogP contribution is 2.36. The Morgan fingerprint density at radius 2 is 1.83 bits per heavy atom. The number of urea groups is 1. The van der Waals surface area contributed by atoms with E-state index in [1.54, 1.807) is 37.3 Å². The number of amides is 4. The van der Waals surface area contributed by atoms with E-state index in [4.69, 9.17) is 9.47 Å². The molecule has 2 aliphatic rings. The van der Waals surface area contributed by atoms with Crippen molar-refractivity contribution in [3.63, 3.8) is 0 Å². The minimum Gasteiger partial charge on any atom is -0.486 e. The minimum absolute atomic E-state index is 0.155. The van der Waals surface area contributed by atoms with Gasteiger partial charge in [-0.2, -0.15) is 0 Å². The average Bonchev–Trinajstić information content (AvgIpc) is 2.97. The van der Waals surface area contributed by atoms with E-state index in [1.165, 1.54) is 12.1 Å². The summed E-state index contributed by atoms with van der Waals surface area (Å²) in [5, 5.41) is 5.28. The molecule has 4 rings (SSSR count). The van der Waals surface area contributed by atoms with Crippen LogP contribution in [0.1, 0.15) is 18.1 Å². The summed E-state index contributed by atoms with van der Waals surface area (Å²) in [6.07, 6.45) is 0. The predicted molar refractivity (Wildman–Crippen MR) is 103 cm³/mol. The van der Waals surface area contributed by atoms with Crippen molar-refractivity contribution in [3.05, 3.63) is 59.4 Å². The number of hydrogen-bond donors (Lipinski definition) is 2. The van der Waals surface area contributed by atoms with E-state index in [0.717, 1.165) is 4.90 Å². The molecule has 0 bridgehead atoms. The maximum absolute atomic E-state index is 13.0. The van der Waals surface area contributed by atoms with Crippen LogP contribution in [0.2, 0.25) is 0 Å². The molecule has 2 aromatic carbocycles. The number of nitrogens with one attached hydrogen (secondary N) is 2. The van der Waals surface area contributed by atoms with Gasteiger partial charge in [-0.05, 0) is 42.3 Å². The van der Waals surface area contributed by atoms with Gasteiger partial charge < -0.3 is 20.1 Å². The van der Waals surface area contributed by atoms with Crippen molar-refractivity contribution < 1.29 is 28.2 Å². The largest absolute Gasteiger partial charge is 0.486 e. The molecule has 2 aliphatic heterocycles. The van der Waals surface area contributed by atoms with Gasteiger partial charge in [0.15, 0.2) is 11.5 Å². The molecule has 156 valence electrons. The van der Waals surface area contributed by atoms with Gasteiger partial charge in [0.2, 0.25) is 5.91 Å². The molecule has 2 aromatic rings. The number of hydrogen-bond acceptors (Lipinski definition) is 5. The van der Waals surface area contributed by atoms with Crippen LogP contribution in [0.5, 0.6) is 11.5 Å². The lowest BCUT2D eigenvalue weighted by Crippen LogP contribution is -2.43. The van der Waals surface area contributed by atoms with Crippen molar-refractivity contribution in [2.24, 2.45) is 0 Å². The normalized spacial score (nSPS) is 20.1. The Balaban J connectivity index is 1.44. The van der Waals surface area contributed by atoms with E-state index in [0.29, 0.717) is 35.8 Å². The zero-order valence-corrected chi connectivity index (χ0v) is 16.2. The molecule has 0 radical (unpaired) electrons. The number of fused-ring (bicyclic) bond motifs is 1. The van der Waals surface area contributed by atoms with E-state index in [9.17, 15) is 18.8 Å². The number of benzene rings is 2. The third-order valence-corrected chi connectivity index (χ3v) is 5.10. The Hall–Kier alpha value is -3.62. The molecule has 8 nitrogen and oxygen atoms in total. The summed E-state index contributed by atoms with van der Waals surface area (Å²) in [4.78, 5) is 38.6. The van der Waals surface area contributed by atoms with Crippen LogP contribution in [0.25, 0.3) is 0 Å². The van der Waals surface area contributed by atoms with Crippen molar-refractivity contribution in [1.82, 2.24) is 15.5 Å². The van der Waals surface area contributed by atoms with E-state index in [2.05, 4.69) is 10.6 Å². The SMILES string of the molecule is CC1(c2ccc3c(c2)OCCO3)NC(=O)N(CC(=O)NCc2ccc(F)cc2)C1=O. The highest BCUT2D eigenvalue weighted by Gasteiger charge is 2.49. The average molecular weight is 413 g/mol. The first kappa shape index (κ1) is 19.7. The minimum atomic E-state index is -1.33. The molecule has 1 atom stereocenters. The maximum atomic E-state index is 13.0. The van der Waals surface area contributed by atoms with E-state index < -0.39 is 29.9 Å². The molecule has 4 amide bonds. The molecule has 30 heavy (non-hydrogen) atoms. The number of halogens is 1. The van der Waals surface area contributed by atoms with E-state index in [-0.39, 0.29) is 12.4 Å². The lowest BCUT2D eigenvalue weighted by atomic mass is 9.91. The zero-order valence-electron chi connectivity index (χ0n) is 16.2. The van der Waals surface area contributed by atoms with Gasteiger partial charge in [-0.15, -0.1) is 0 Å². The molecule has 0 saturated carbocycles. The quantitative estimate of drug-likeness (QED) is 0.727. The van der Waals surface area contributed by atoms with Gasteiger partial charge in [-0.3, -0.25) is 14.5 Å². The Morgan fingerprint density at radius 1 is 1.13 bits per heavy atom. The third kappa shape index (κ3) is 3.66. The second kappa shape index (κ2) is 7.66. The van der Waals surface area contributed by atoms with Gasteiger partial charge in [0, 0.05) is 6.54 Å². The van der Waals surface area contributed by atoms with Crippen LogP contribution in [0, 0.1) is 5.82 Å². The van der Waals surface area contributed by atoms with Crippen molar-refractivity contribution in [3.8, 4) is 11.5 Å². The monoisotopic (exact) mass is 413 g/mol. The van der Waals surface area contributed by atoms with Gasteiger partial charge in [-0.25, -0.2) is 9.18 Å². The molecular weight excluding hydrogens is 393 g/mol. The summed E-state index contributed by atoms with van der Waals surface area (Å²) in [6, 6.07) is 10.0. The van der Waals surface area contributed by atoms with E-state index in [1.807, 2.05) is 0 Å². The van der Waals surface area contributed by atoms with Crippen molar-refractivity contribution in [2.45, 2.75) is 19.0 Å². The molecule has 0 aromatic heterocycles. The maximum Gasteiger partial charge on any atom is 0.325 e. The molecule has 1 saturated heterocycles. The Morgan fingerprint density at radius 3 is 2.57 bits per heavy atom. The summed E-state index contributed by atoms with van der Waals surface area (Å²) in [7, 11) is 0. The second-order valence-electron chi connectivity index (χ2n) is 7.21. The topological polar surface area (TPSA) is 97.0 Å². The van der Waals surface area contributed by atoms with Gasteiger partial charge in [0.05, 0.1) is 0 Å². The number of ether oxygens (including phenoxy) is 2. The van der Waals surface area contributed by atoms with Crippen molar-refractivity contribution >= 4 is 17.8 Å².